The monoisotopic (exact) mass is 387 g/mol. The van der Waals surface area contributed by atoms with E-state index in [4.69, 9.17) is 21.3 Å². The van der Waals surface area contributed by atoms with Gasteiger partial charge in [-0.2, -0.15) is 0 Å². The van der Waals surface area contributed by atoms with E-state index in [-0.39, 0.29) is 0 Å². The number of carbonyl (C=O) groups excluding carboxylic acids is 1. The van der Waals surface area contributed by atoms with Crippen molar-refractivity contribution in [1.82, 2.24) is 9.88 Å². The molecule has 0 aliphatic heterocycles. The van der Waals surface area contributed by atoms with E-state index in [1.54, 1.807) is 6.34 Å². The largest absolute Gasteiger partial charge is 0.465 e. The van der Waals surface area contributed by atoms with Crippen molar-refractivity contribution in [2.24, 2.45) is 4.99 Å². The minimum Gasteiger partial charge on any atom is -0.465 e. The van der Waals surface area contributed by atoms with E-state index in [0.717, 1.165) is 27.0 Å². The Labute approximate surface area is 160 Å². The first kappa shape index (κ1) is 18.4. The Balaban J connectivity index is 2.22. The highest BCUT2D eigenvalue weighted by molar-refractivity contribution is 7.21. The van der Waals surface area contributed by atoms with Crippen molar-refractivity contribution in [2.75, 3.05) is 21.2 Å². The second kappa shape index (κ2) is 7.43. The molecule has 0 N–H and O–H groups in total. The van der Waals surface area contributed by atoms with Gasteiger partial charge in [-0.15, -0.1) is 11.3 Å². The number of aryl methyl sites for hydroxylation is 1. The van der Waals surface area contributed by atoms with Crippen LogP contribution < -0.4 is 0 Å². The van der Waals surface area contributed by atoms with Crippen molar-refractivity contribution in [2.45, 2.75) is 6.92 Å². The molecule has 2 aromatic heterocycles. The molecule has 0 bridgehead atoms. The molecule has 0 aliphatic rings. The van der Waals surface area contributed by atoms with E-state index in [9.17, 15) is 4.79 Å². The van der Waals surface area contributed by atoms with Gasteiger partial charge in [0.15, 0.2) is 0 Å². The Bertz CT molecular complexity index is 994. The Hall–Kier alpha value is -2.44. The van der Waals surface area contributed by atoms with Gasteiger partial charge in [-0.25, -0.2) is 14.8 Å². The summed E-state index contributed by atoms with van der Waals surface area (Å²) < 4.78 is 4.92. The van der Waals surface area contributed by atoms with E-state index in [1.807, 2.05) is 56.3 Å². The number of fused-ring (bicyclic) bond motifs is 1. The van der Waals surface area contributed by atoms with E-state index in [2.05, 4.69) is 4.99 Å². The number of pyridine rings is 1. The first-order valence-electron chi connectivity index (χ1n) is 7.89. The van der Waals surface area contributed by atoms with Gasteiger partial charge >= 0.3 is 5.97 Å². The summed E-state index contributed by atoms with van der Waals surface area (Å²) in [6, 6.07) is 9.51. The smallest absolute Gasteiger partial charge is 0.350 e. The summed E-state index contributed by atoms with van der Waals surface area (Å²) in [5, 5.41) is 1.54. The fraction of sp³-hybridized carbons (Fsp3) is 0.211. The zero-order chi connectivity index (χ0) is 18.8. The molecule has 0 radical (unpaired) electrons. The maximum atomic E-state index is 12.2. The molecule has 1 aromatic carbocycles. The van der Waals surface area contributed by atoms with Crippen molar-refractivity contribution in [3.63, 3.8) is 0 Å². The van der Waals surface area contributed by atoms with Gasteiger partial charge < -0.3 is 9.64 Å². The number of thiophene rings is 1. The molecule has 134 valence electrons. The predicted octanol–water partition coefficient (Wildman–Crippen LogP) is 4.93. The van der Waals surface area contributed by atoms with Crippen molar-refractivity contribution in [3.8, 4) is 11.3 Å². The minimum atomic E-state index is -0.411. The molecule has 0 atom stereocenters. The van der Waals surface area contributed by atoms with Crippen LogP contribution in [0.3, 0.4) is 0 Å². The number of methoxy groups -OCH3 is 1. The van der Waals surface area contributed by atoms with Crippen LogP contribution in [0.15, 0.2) is 35.3 Å². The van der Waals surface area contributed by atoms with Gasteiger partial charge in [0.1, 0.15) is 9.71 Å². The molecule has 0 aliphatic carbocycles. The Morgan fingerprint density at radius 1 is 1.31 bits per heavy atom. The number of nitrogens with zero attached hydrogens (tertiary/aromatic N) is 3. The summed E-state index contributed by atoms with van der Waals surface area (Å²) in [5.74, 6) is -0.411. The van der Waals surface area contributed by atoms with Crippen molar-refractivity contribution < 1.29 is 9.53 Å². The van der Waals surface area contributed by atoms with Crippen LogP contribution >= 0.6 is 22.9 Å². The highest BCUT2D eigenvalue weighted by Crippen LogP contribution is 2.40. The highest BCUT2D eigenvalue weighted by atomic mass is 35.5. The summed E-state index contributed by atoms with van der Waals surface area (Å²) in [6.45, 7) is 1.99. The summed E-state index contributed by atoms with van der Waals surface area (Å²) in [6.07, 6.45) is 1.67. The molecule has 0 saturated carbocycles. The van der Waals surface area contributed by atoms with E-state index >= 15 is 0 Å². The quantitative estimate of drug-likeness (QED) is 0.361. The summed E-state index contributed by atoms with van der Waals surface area (Å²) >= 11 is 7.26. The molecule has 0 amide bonds. The molecule has 0 saturated heterocycles. The van der Waals surface area contributed by atoms with Gasteiger partial charge in [-0.1, -0.05) is 23.7 Å². The normalized spacial score (nSPS) is 11.3. The van der Waals surface area contributed by atoms with Gasteiger partial charge in [-0.3, -0.25) is 0 Å². The van der Waals surface area contributed by atoms with Crippen LogP contribution in [-0.2, 0) is 4.74 Å². The first-order valence-corrected chi connectivity index (χ1v) is 9.09. The Morgan fingerprint density at radius 3 is 2.62 bits per heavy atom. The lowest BCUT2D eigenvalue weighted by Gasteiger charge is -2.06. The van der Waals surface area contributed by atoms with Crippen LogP contribution in [0, 0.1) is 6.92 Å². The fourth-order valence-electron chi connectivity index (χ4n) is 2.56. The lowest BCUT2D eigenvalue weighted by atomic mass is 10.1. The zero-order valence-electron chi connectivity index (χ0n) is 14.9. The number of halogens is 1. The lowest BCUT2D eigenvalue weighted by molar-refractivity contribution is 0.0607. The average Bonchev–Trinajstić information content (AvgIpc) is 2.99. The number of hydrogen-bond acceptors (Lipinski definition) is 5. The average molecular weight is 388 g/mol. The molecule has 0 unspecified atom stereocenters. The molecule has 2 heterocycles. The highest BCUT2D eigenvalue weighted by Gasteiger charge is 2.21. The molecule has 7 heteroatoms. The number of benzene rings is 1. The minimum absolute atomic E-state index is 0.411. The third-order valence-electron chi connectivity index (χ3n) is 3.76. The SMILES string of the molecule is COC(=O)c1sc2nc(-c3ccc(Cl)cc3)cc(C)c2c1N=CN(C)C. The number of rotatable bonds is 4. The number of esters is 1. The van der Waals surface area contributed by atoms with Crippen LogP contribution in [0.5, 0.6) is 0 Å². The maximum Gasteiger partial charge on any atom is 0.350 e. The van der Waals surface area contributed by atoms with E-state index in [0.29, 0.717) is 15.6 Å². The molecular weight excluding hydrogens is 370 g/mol. The molecule has 26 heavy (non-hydrogen) atoms. The predicted molar refractivity (Wildman–Crippen MR) is 108 cm³/mol. The molecular formula is C19H18ClN3O2S. The van der Waals surface area contributed by atoms with Crippen LogP contribution in [0.4, 0.5) is 5.69 Å². The topological polar surface area (TPSA) is 54.8 Å². The van der Waals surface area contributed by atoms with Gasteiger partial charge in [0.25, 0.3) is 0 Å². The number of carbonyl (C=O) groups is 1. The van der Waals surface area contributed by atoms with Crippen molar-refractivity contribution >= 4 is 51.1 Å². The number of aromatic nitrogens is 1. The second-order valence-electron chi connectivity index (χ2n) is 5.99. The molecule has 5 nitrogen and oxygen atoms in total. The second-order valence-corrected chi connectivity index (χ2v) is 7.43. The van der Waals surface area contributed by atoms with E-state index < -0.39 is 5.97 Å². The molecule has 3 aromatic rings. The lowest BCUT2D eigenvalue weighted by Crippen LogP contribution is -2.07. The van der Waals surface area contributed by atoms with Gasteiger partial charge in [-0.05, 0) is 30.7 Å². The first-order chi connectivity index (χ1) is 12.4. The summed E-state index contributed by atoms with van der Waals surface area (Å²) in [4.78, 5) is 24.5. The Kier molecular flexibility index (Phi) is 5.25. The summed E-state index contributed by atoms with van der Waals surface area (Å²) in [5.41, 5.74) is 3.38. The zero-order valence-corrected chi connectivity index (χ0v) is 16.5. The fourth-order valence-corrected chi connectivity index (χ4v) is 3.80. The molecule has 0 spiro atoms. The van der Waals surface area contributed by atoms with Crippen molar-refractivity contribution in [1.29, 1.82) is 0 Å². The maximum absolute atomic E-state index is 12.2. The number of ether oxygens (including phenoxy) is 1. The van der Waals surface area contributed by atoms with Crippen LogP contribution in [0.25, 0.3) is 21.5 Å². The molecule has 0 fully saturated rings. The van der Waals surface area contributed by atoms with Crippen LogP contribution in [-0.4, -0.2) is 43.4 Å². The molecule has 3 rings (SSSR count). The Morgan fingerprint density at radius 2 is 2.00 bits per heavy atom. The summed E-state index contributed by atoms with van der Waals surface area (Å²) in [7, 11) is 5.12. The van der Waals surface area contributed by atoms with E-state index in [1.165, 1.54) is 18.4 Å². The van der Waals surface area contributed by atoms with Gasteiger partial charge in [0.2, 0.25) is 0 Å². The van der Waals surface area contributed by atoms with Crippen LogP contribution in [0.1, 0.15) is 15.2 Å². The van der Waals surface area contributed by atoms with Gasteiger partial charge in [0.05, 0.1) is 24.8 Å². The van der Waals surface area contributed by atoms with Crippen molar-refractivity contribution in [3.05, 3.63) is 45.8 Å². The van der Waals surface area contributed by atoms with Gasteiger partial charge in [0, 0.05) is 30.1 Å². The third-order valence-corrected chi connectivity index (χ3v) is 5.07. The van der Waals surface area contributed by atoms with Crippen LogP contribution in [0.2, 0.25) is 5.02 Å². The third kappa shape index (κ3) is 3.57. The number of aliphatic imine (C=N–C) groups is 1. The number of hydrogen-bond donors (Lipinski definition) is 0. The standard InChI is InChI=1S/C19H18ClN3O2S/c1-11-9-14(12-5-7-13(20)8-6-12)22-18-15(11)16(21-10-23(2)3)17(26-18)19(24)25-4/h5-10H,1-4H3.